The first-order chi connectivity index (χ1) is 9.50. The summed E-state index contributed by atoms with van der Waals surface area (Å²) in [4.78, 5) is 25.5. The van der Waals surface area contributed by atoms with Crippen molar-refractivity contribution in [3.05, 3.63) is 35.4 Å². The molecule has 1 aliphatic rings. The molecule has 5 heteroatoms. The van der Waals surface area contributed by atoms with Gasteiger partial charge in [0.25, 0.3) is 5.91 Å². The molecule has 1 fully saturated rings. The van der Waals surface area contributed by atoms with Crippen LogP contribution >= 0.6 is 0 Å². The summed E-state index contributed by atoms with van der Waals surface area (Å²) < 4.78 is 0. The number of piperazine rings is 1. The highest BCUT2D eigenvalue weighted by atomic mass is 16.2. The Kier molecular flexibility index (Phi) is 4.39. The number of hydrogen-bond donors (Lipinski definition) is 2. The molecule has 0 spiro atoms. The number of nitrogens with one attached hydrogen (secondary N) is 1. The highest BCUT2D eigenvalue weighted by molar-refractivity contribution is 5.97. The molecule has 5 nitrogen and oxygen atoms in total. The minimum absolute atomic E-state index is 0.134. The zero-order chi connectivity index (χ0) is 14.7. The third kappa shape index (κ3) is 2.99. The normalized spacial score (nSPS) is 19.1. The molecule has 2 amide bonds. The van der Waals surface area contributed by atoms with Crippen LogP contribution in [0.15, 0.2) is 24.3 Å². The first-order valence-corrected chi connectivity index (χ1v) is 6.91. The Hall–Kier alpha value is -1.88. The lowest BCUT2D eigenvalue weighted by molar-refractivity contribution is -0.122. The van der Waals surface area contributed by atoms with Crippen molar-refractivity contribution in [2.24, 2.45) is 5.73 Å². The second-order valence-corrected chi connectivity index (χ2v) is 5.40. The zero-order valence-electron chi connectivity index (χ0n) is 11.9. The van der Waals surface area contributed by atoms with E-state index in [1.807, 2.05) is 24.3 Å². The number of benzene rings is 1. The van der Waals surface area contributed by atoms with Gasteiger partial charge in [-0.3, -0.25) is 9.59 Å². The van der Waals surface area contributed by atoms with Gasteiger partial charge >= 0.3 is 0 Å². The monoisotopic (exact) mass is 275 g/mol. The Morgan fingerprint density at radius 3 is 2.50 bits per heavy atom. The van der Waals surface area contributed by atoms with E-state index in [2.05, 4.69) is 19.2 Å². The predicted octanol–water partition coefficient (Wildman–Crippen LogP) is 0.709. The number of carbonyl (C=O) groups excluding carboxylic acids is 2. The molecule has 0 bridgehead atoms. The lowest BCUT2D eigenvalue weighted by atomic mass is 10.0. The summed E-state index contributed by atoms with van der Waals surface area (Å²) in [5.74, 6) is -0.174. The third-order valence-corrected chi connectivity index (χ3v) is 3.66. The molecule has 0 aliphatic carbocycles. The number of nitrogens with zero attached hydrogens (tertiary/aromatic N) is 1. The molecule has 1 atom stereocenters. The second kappa shape index (κ2) is 6.05. The fourth-order valence-electron chi connectivity index (χ4n) is 2.38. The van der Waals surface area contributed by atoms with E-state index >= 15 is 0 Å². The standard InChI is InChI=1S/C15H21N3O2/c1-10(2)11-3-5-12(6-4-11)15(20)18-8-7-17-9-13(18)14(16)19/h3-6,10,13,17H,7-9H2,1-2H3,(H2,16,19). The molecule has 0 aromatic heterocycles. The van der Waals surface area contributed by atoms with Gasteiger partial charge in [0.1, 0.15) is 6.04 Å². The Labute approximate surface area is 119 Å². The SMILES string of the molecule is CC(C)c1ccc(C(=O)N2CCNCC2C(N)=O)cc1. The lowest BCUT2D eigenvalue weighted by Crippen LogP contribution is -2.58. The average Bonchev–Trinajstić information content (AvgIpc) is 2.46. The smallest absolute Gasteiger partial charge is 0.254 e. The van der Waals surface area contributed by atoms with Crippen molar-refractivity contribution in [1.29, 1.82) is 0 Å². The molecule has 0 radical (unpaired) electrons. The van der Waals surface area contributed by atoms with E-state index in [0.29, 0.717) is 31.1 Å². The van der Waals surface area contributed by atoms with Crippen LogP contribution < -0.4 is 11.1 Å². The summed E-state index contributed by atoms with van der Waals surface area (Å²) in [5.41, 5.74) is 7.15. The molecule has 2 rings (SSSR count). The first kappa shape index (κ1) is 14.5. The van der Waals surface area contributed by atoms with Gasteiger partial charge in [-0.25, -0.2) is 0 Å². The molecule has 3 N–H and O–H groups in total. The van der Waals surface area contributed by atoms with Crippen molar-refractivity contribution in [3.63, 3.8) is 0 Å². The summed E-state index contributed by atoms with van der Waals surface area (Å²) in [6.07, 6.45) is 0. The van der Waals surface area contributed by atoms with E-state index in [1.165, 1.54) is 5.56 Å². The molecule has 1 saturated heterocycles. The number of amides is 2. The molecule has 1 aromatic rings. The van der Waals surface area contributed by atoms with E-state index < -0.39 is 11.9 Å². The number of hydrogen-bond acceptors (Lipinski definition) is 3. The highest BCUT2D eigenvalue weighted by Gasteiger charge is 2.31. The van der Waals surface area contributed by atoms with E-state index in [0.717, 1.165) is 0 Å². The van der Waals surface area contributed by atoms with Crippen LogP contribution in [-0.4, -0.2) is 42.4 Å². The van der Waals surface area contributed by atoms with Crippen LogP contribution in [0.2, 0.25) is 0 Å². The van der Waals surface area contributed by atoms with Crippen LogP contribution in [0, 0.1) is 0 Å². The van der Waals surface area contributed by atoms with Crippen molar-refractivity contribution >= 4 is 11.8 Å². The lowest BCUT2D eigenvalue weighted by Gasteiger charge is -2.34. The summed E-state index contributed by atoms with van der Waals surface area (Å²) in [7, 11) is 0. The first-order valence-electron chi connectivity index (χ1n) is 6.91. The maximum atomic E-state index is 12.5. The Balaban J connectivity index is 2.18. The van der Waals surface area contributed by atoms with Gasteiger partial charge < -0.3 is 16.0 Å². The van der Waals surface area contributed by atoms with Crippen molar-refractivity contribution < 1.29 is 9.59 Å². The molecule has 20 heavy (non-hydrogen) atoms. The van der Waals surface area contributed by atoms with E-state index in [4.69, 9.17) is 5.73 Å². The number of rotatable bonds is 3. The number of primary amides is 1. The summed E-state index contributed by atoms with van der Waals surface area (Å²) in [6, 6.07) is 6.98. The highest BCUT2D eigenvalue weighted by Crippen LogP contribution is 2.17. The van der Waals surface area contributed by atoms with Crippen molar-refractivity contribution in [1.82, 2.24) is 10.2 Å². The van der Waals surface area contributed by atoms with Crippen LogP contribution in [0.1, 0.15) is 35.7 Å². The van der Waals surface area contributed by atoms with Crippen LogP contribution in [-0.2, 0) is 4.79 Å². The number of carbonyl (C=O) groups is 2. The maximum Gasteiger partial charge on any atom is 0.254 e. The third-order valence-electron chi connectivity index (χ3n) is 3.66. The molecule has 1 aliphatic heterocycles. The Morgan fingerprint density at radius 1 is 1.30 bits per heavy atom. The predicted molar refractivity (Wildman–Crippen MR) is 77.4 cm³/mol. The molecule has 108 valence electrons. The van der Waals surface area contributed by atoms with Gasteiger partial charge in [-0.2, -0.15) is 0 Å². The molecule has 1 unspecified atom stereocenters. The van der Waals surface area contributed by atoms with E-state index in [1.54, 1.807) is 4.90 Å². The topological polar surface area (TPSA) is 75.4 Å². The summed E-state index contributed by atoms with van der Waals surface area (Å²) >= 11 is 0. The maximum absolute atomic E-state index is 12.5. The quantitative estimate of drug-likeness (QED) is 0.853. The van der Waals surface area contributed by atoms with Gasteiger partial charge in [0.2, 0.25) is 5.91 Å². The average molecular weight is 275 g/mol. The molecular weight excluding hydrogens is 254 g/mol. The number of nitrogens with two attached hydrogens (primary N) is 1. The van der Waals surface area contributed by atoms with E-state index in [-0.39, 0.29) is 5.91 Å². The summed E-state index contributed by atoms with van der Waals surface area (Å²) in [5, 5.41) is 3.08. The minimum Gasteiger partial charge on any atom is -0.368 e. The minimum atomic E-state index is -0.568. The van der Waals surface area contributed by atoms with Crippen molar-refractivity contribution in [3.8, 4) is 0 Å². The second-order valence-electron chi connectivity index (χ2n) is 5.40. The van der Waals surface area contributed by atoms with Gasteiger partial charge in [0.15, 0.2) is 0 Å². The van der Waals surface area contributed by atoms with Gasteiger partial charge in [-0.1, -0.05) is 26.0 Å². The van der Waals surface area contributed by atoms with Crippen LogP contribution in [0.3, 0.4) is 0 Å². The molecule has 1 aromatic carbocycles. The Bertz CT molecular complexity index is 496. The molecular formula is C15H21N3O2. The van der Waals surface area contributed by atoms with Gasteiger partial charge in [0, 0.05) is 25.2 Å². The zero-order valence-corrected chi connectivity index (χ0v) is 11.9. The van der Waals surface area contributed by atoms with Gasteiger partial charge in [-0.15, -0.1) is 0 Å². The Morgan fingerprint density at radius 2 is 1.95 bits per heavy atom. The van der Waals surface area contributed by atoms with Crippen molar-refractivity contribution in [2.75, 3.05) is 19.6 Å². The largest absolute Gasteiger partial charge is 0.368 e. The molecule has 1 heterocycles. The fraction of sp³-hybridized carbons (Fsp3) is 0.467. The van der Waals surface area contributed by atoms with Gasteiger partial charge in [0.05, 0.1) is 0 Å². The fourth-order valence-corrected chi connectivity index (χ4v) is 2.38. The van der Waals surface area contributed by atoms with Crippen LogP contribution in [0.25, 0.3) is 0 Å². The summed E-state index contributed by atoms with van der Waals surface area (Å²) in [6.45, 7) is 5.82. The van der Waals surface area contributed by atoms with Gasteiger partial charge in [-0.05, 0) is 23.6 Å². The van der Waals surface area contributed by atoms with Crippen LogP contribution in [0.5, 0.6) is 0 Å². The van der Waals surface area contributed by atoms with Crippen molar-refractivity contribution in [2.45, 2.75) is 25.8 Å². The molecule has 0 saturated carbocycles. The van der Waals surface area contributed by atoms with Crippen LogP contribution in [0.4, 0.5) is 0 Å². The van der Waals surface area contributed by atoms with E-state index in [9.17, 15) is 9.59 Å².